The summed E-state index contributed by atoms with van der Waals surface area (Å²) in [4.78, 5) is 2.25. The first-order valence-electron chi connectivity index (χ1n) is 5.92. The molecule has 0 saturated carbocycles. The molecule has 1 aliphatic heterocycles. The second-order valence-corrected chi connectivity index (χ2v) is 4.10. The van der Waals surface area contributed by atoms with Crippen molar-refractivity contribution in [3.05, 3.63) is 18.2 Å². The topological polar surface area (TPSA) is 21.7 Å². The van der Waals surface area contributed by atoms with Gasteiger partial charge in [-0.2, -0.15) is 0 Å². The van der Waals surface area contributed by atoms with Crippen molar-refractivity contribution in [3.8, 4) is 11.5 Å². The lowest BCUT2D eigenvalue weighted by Crippen LogP contribution is -2.19. The molecule has 1 aromatic rings. The van der Waals surface area contributed by atoms with Crippen LogP contribution in [0.25, 0.3) is 0 Å². The Kier molecular flexibility index (Phi) is 3.54. The van der Waals surface area contributed by atoms with Crippen molar-refractivity contribution >= 4 is 5.69 Å². The zero-order valence-corrected chi connectivity index (χ0v) is 10.0. The molecule has 0 unspecified atom stereocenters. The molecule has 0 aromatic heterocycles. The number of anilines is 1. The van der Waals surface area contributed by atoms with Crippen LogP contribution >= 0.6 is 0 Å². The first-order valence-corrected chi connectivity index (χ1v) is 5.92. The van der Waals surface area contributed by atoms with Gasteiger partial charge in [0.05, 0.1) is 0 Å². The van der Waals surface area contributed by atoms with Gasteiger partial charge in [-0.25, -0.2) is 0 Å². The highest BCUT2D eigenvalue weighted by atomic mass is 16.6. The summed E-state index contributed by atoms with van der Waals surface area (Å²) in [6.07, 6.45) is 2.43. The second-order valence-electron chi connectivity index (χ2n) is 4.10. The van der Waals surface area contributed by atoms with Gasteiger partial charge in [-0.3, -0.25) is 0 Å². The summed E-state index contributed by atoms with van der Waals surface area (Å²) in [6, 6.07) is 6.14. The van der Waals surface area contributed by atoms with Gasteiger partial charge in [0.1, 0.15) is 13.2 Å². The summed E-state index contributed by atoms with van der Waals surface area (Å²) in [5, 5.41) is 0. The molecule has 0 N–H and O–H groups in total. The summed E-state index contributed by atoms with van der Waals surface area (Å²) in [6.45, 7) is 4.58. The van der Waals surface area contributed by atoms with Crippen molar-refractivity contribution < 1.29 is 9.47 Å². The maximum Gasteiger partial charge on any atom is 0.163 e. The normalized spacial score (nSPS) is 13.6. The van der Waals surface area contributed by atoms with E-state index < -0.39 is 0 Å². The Morgan fingerprint density at radius 1 is 1.19 bits per heavy atom. The molecular weight excluding hydrogens is 202 g/mol. The standard InChI is InChI=1S/C13H19NO2/c1-3-4-7-14(2)11-5-6-12-13(10-11)16-9-8-15-12/h5-6,10H,3-4,7-9H2,1-2H3. The zero-order chi connectivity index (χ0) is 11.4. The molecule has 3 nitrogen and oxygen atoms in total. The van der Waals surface area contributed by atoms with Crippen molar-refractivity contribution in [1.29, 1.82) is 0 Å². The molecule has 0 bridgehead atoms. The fourth-order valence-corrected chi connectivity index (χ4v) is 1.79. The largest absolute Gasteiger partial charge is 0.486 e. The van der Waals surface area contributed by atoms with E-state index in [0.29, 0.717) is 13.2 Å². The van der Waals surface area contributed by atoms with E-state index in [9.17, 15) is 0 Å². The van der Waals surface area contributed by atoms with Crippen molar-refractivity contribution in [1.82, 2.24) is 0 Å². The molecule has 2 rings (SSSR count). The molecule has 0 saturated heterocycles. The number of hydrogen-bond donors (Lipinski definition) is 0. The maximum absolute atomic E-state index is 5.57. The molecule has 0 radical (unpaired) electrons. The van der Waals surface area contributed by atoms with Gasteiger partial charge in [0.2, 0.25) is 0 Å². The minimum Gasteiger partial charge on any atom is -0.486 e. The number of unbranched alkanes of at least 4 members (excludes halogenated alkanes) is 1. The average Bonchev–Trinajstić information content (AvgIpc) is 2.35. The Bertz CT molecular complexity index is 352. The van der Waals surface area contributed by atoms with E-state index in [2.05, 4.69) is 31.0 Å². The van der Waals surface area contributed by atoms with Crippen LogP contribution in [0.1, 0.15) is 19.8 Å². The van der Waals surface area contributed by atoms with E-state index in [-0.39, 0.29) is 0 Å². The summed E-state index contributed by atoms with van der Waals surface area (Å²) in [5.41, 5.74) is 1.19. The van der Waals surface area contributed by atoms with Gasteiger partial charge >= 0.3 is 0 Å². The van der Waals surface area contributed by atoms with Crippen LogP contribution in [0.2, 0.25) is 0 Å². The van der Waals surface area contributed by atoms with Crippen molar-refractivity contribution in [3.63, 3.8) is 0 Å². The van der Waals surface area contributed by atoms with Gasteiger partial charge in [0.25, 0.3) is 0 Å². The molecule has 0 spiro atoms. The molecular formula is C13H19NO2. The molecule has 1 aromatic carbocycles. The van der Waals surface area contributed by atoms with E-state index in [1.54, 1.807) is 0 Å². The predicted octanol–water partition coefficient (Wildman–Crippen LogP) is 2.69. The molecule has 16 heavy (non-hydrogen) atoms. The zero-order valence-electron chi connectivity index (χ0n) is 10.0. The number of hydrogen-bond acceptors (Lipinski definition) is 3. The average molecular weight is 221 g/mol. The van der Waals surface area contributed by atoms with Gasteiger partial charge in [-0.05, 0) is 18.6 Å². The third kappa shape index (κ3) is 2.40. The summed E-state index contributed by atoms with van der Waals surface area (Å²) < 4.78 is 11.1. The second kappa shape index (κ2) is 5.10. The Hall–Kier alpha value is -1.38. The molecule has 0 atom stereocenters. The lowest BCUT2D eigenvalue weighted by atomic mass is 10.2. The van der Waals surface area contributed by atoms with Crippen LogP contribution < -0.4 is 14.4 Å². The van der Waals surface area contributed by atoms with Gasteiger partial charge in [-0.1, -0.05) is 13.3 Å². The highest BCUT2D eigenvalue weighted by Crippen LogP contribution is 2.33. The van der Waals surface area contributed by atoms with Crippen LogP contribution in [0, 0.1) is 0 Å². The Balaban J connectivity index is 2.10. The fraction of sp³-hybridized carbons (Fsp3) is 0.538. The molecule has 0 aliphatic carbocycles. The smallest absolute Gasteiger partial charge is 0.163 e. The predicted molar refractivity (Wildman–Crippen MR) is 65.6 cm³/mol. The van der Waals surface area contributed by atoms with E-state index in [1.165, 1.54) is 18.5 Å². The number of rotatable bonds is 4. The molecule has 0 fully saturated rings. The summed E-state index contributed by atoms with van der Waals surface area (Å²) in [5.74, 6) is 1.73. The van der Waals surface area contributed by atoms with Gasteiger partial charge in [0, 0.05) is 25.3 Å². The highest BCUT2D eigenvalue weighted by molar-refractivity contribution is 5.56. The van der Waals surface area contributed by atoms with E-state index in [4.69, 9.17) is 9.47 Å². The van der Waals surface area contributed by atoms with E-state index in [0.717, 1.165) is 18.0 Å². The highest BCUT2D eigenvalue weighted by Gasteiger charge is 2.12. The number of benzene rings is 1. The third-order valence-electron chi connectivity index (χ3n) is 2.81. The maximum atomic E-state index is 5.57. The first kappa shape index (κ1) is 11.1. The van der Waals surface area contributed by atoms with Crippen LogP contribution in [0.4, 0.5) is 5.69 Å². The lowest BCUT2D eigenvalue weighted by Gasteiger charge is -2.23. The quantitative estimate of drug-likeness (QED) is 0.780. The Morgan fingerprint density at radius 3 is 2.69 bits per heavy atom. The Morgan fingerprint density at radius 2 is 1.94 bits per heavy atom. The molecule has 1 heterocycles. The monoisotopic (exact) mass is 221 g/mol. The number of nitrogens with zero attached hydrogens (tertiary/aromatic N) is 1. The number of fused-ring (bicyclic) bond motifs is 1. The minimum absolute atomic E-state index is 0.648. The van der Waals surface area contributed by atoms with Crippen molar-refractivity contribution in [2.24, 2.45) is 0 Å². The lowest BCUT2D eigenvalue weighted by molar-refractivity contribution is 0.171. The van der Waals surface area contributed by atoms with E-state index >= 15 is 0 Å². The van der Waals surface area contributed by atoms with Crippen LogP contribution in [-0.2, 0) is 0 Å². The third-order valence-corrected chi connectivity index (χ3v) is 2.81. The summed E-state index contributed by atoms with van der Waals surface area (Å²) in [7, 11) is 2.11. The van der Waals surface area contributed by atoms with Crippen LogP contribution in [-0.4, -0.2) is 26.8 Å². The first-order chi connectivity index (χ1) is 7.81. The molecule has 3 heteroatoms. The van der Waals surface area contributed by atoms with Gasteiger partial charge in [0.15, 0.2) is 11.5 Å². The Labute approximate surface area is 97.0 Å². The van der Waals surface area contributed by atoms with E-state index in [1.807, 2.05) is 6.07 Å². The molecule has 0 amide bonds. The van der Waals surface area contributed by atoms with Gasteiger partial charge in [-0.15, -0.1) is 0 Å². The summed E-state index contributed by atoms with van der Waals surface area (Å²) >= 11 is 0. The molecule has 1 aliphatic rings. The number of ether oxygens (including phenoxy) is 2. The van der Waals surface area contributed by atoms with Crippen LogP contribution in [0.15, 0.2) is 18.2 Å². The fourth-order valence-electron chi connectivity index (χ4n) is 1.79. The molecule has 88 valence electrons. The minimum atomic E-state index is 0.648. The van der Waals surface area contributed by atoms with Crippen molar-refractivity contribution in [2.75, 3.05) is 31.7 Å². The SMILES string of the molecule is CCCCN(C)c1ccc2c(c1)OCCO2. The van der Waals surface area contributed by atoms with Gasteiger partial charge < -0.3 is 14.4 Å². The van der Waals surface area contributed by atoms with Crippen molar-refractivity contribution in [2.45, 2.75) is 19.8 Å². The van der Waals surface area contributed by atoms with Crippen LogP contribution in [0.3, 0.4) is 0 Å². The van der Waals surface area contributed by atoms with Crippen LogP contribution in [0.5, 0.6) is 11.5 Å².